The number of piperidine rings is 1. The van der Waals surface area contributed by atoms with Crippen LogP contribution in [-0.2, 0) is 21.8 Å². The van der Waals surface area contributed by atoms with Crippen molar-refractivity contribution in [2.75, 3.05) is 59.2 Å². The first-order valence-corrected chi connectivity index (χ1v) is 16.3. The Morgan fingerprint density at radius 3 is 2.60 bits per heavy atom. The number of aryl methyl sites for hydroxylation is 1. The first-order valence-electron chi connectivity index (χ1n) is 14.7. The number of aliphatic hydroxyl groups excluding tert-OH is 1. The molecule has 0 unspecified atom stereocenters. The number of fused-ring (bicyclic) bond motifs is 1. The standard InChI is InChI=1S/C30H40N6O5S/c1-20-18-36(14-15-41-20)28-27-22(6-11-34(27)3)16-26(31-28)32-29(38)24-5-4-23(33-42(39,40)21(2)19-37)17-25(24)35-12-9-30(7-8-30)10-13-35/h4-6,11,16-17,20-21,33,37H,7-10,12-15,18-19H2,1-3H3,(H,31,32,38)/t20-,21-/m1/s1. The molecule has 4 heterocycles. The average molecular weight is 597 g/mol. The molecule has 3 aromatic rings. The predicted octanol–water partition coefficient (Wildman–Crippen LogP) is 3.55. The van der Waals surface area contributed by atoms with E-state index in [2.05, 4.69) is 19.8 Å². The lowest BCUT2D eigenvalue weighted by Crippen LogP contribution is -2.41. The molecule has 42 heavy (non-hydrogen) atoms. The molecular weight excluding hydrogens is 556 g/mol. The summed E-state index contributed by atoms with van der Waals surface area (Å²) in [5.74, 6) is 0.953. The van der Waals surface area contributed by atoms with E-state index in [1.54, 1.807) is 18.2 Å². The fourth-order valence-electron chi connectivity index (χ4n) is 6.09. The van der Waals surface area contributed by atoms with Crippen LogP contribution < -0.4 is 19.8 Å². The number of anilines is 4. The third-order valence-corrected chi connectivity index (χ3v) is 10.8. The van der Waals surface area contributed by atoms with Gasteiger partial charge in [0.25, 0.3) is 5.91 Å². The monoisotopic (exact) mass is 596 g/mol. The number of sulfonamides is 1. The molecule has 1 aromatic carbocycles. The van der Waals surface area contributed by atoms with Gasteiger partial charge in [0.05, 0.1) is 41.8 Å². The van der Waals surface area contributed by atoms with Gasteiger partial charge in [0, 0.05) is 44.8 Å². The zero-order chi connectivity index (χ0) is 29.6. The molecule has 0 bridgehead atoms. The molecule has 1 aliphatic carbocycles. The topological polar surface area (TPSA) is 129 Å². The van der Waals surface area contributed by atoms with E-state index in [0.29, 0.717) is 47.9 Å². The van der Waals surface area contributed by atoms with Crippen LogP contribution in [0.4, 0.5) is 23.0 Å². The summed E-state index contributed by atoms with van der Waals surface area (Å²) in [5.41, 5.74) is 2.94. The Morgan fingerprint density at radius 2 is 1.90 bits per heavy atom. The Hall–Kier alpha value is -3.35. The van der Waals surface area contributed by atoms with E-state index in [0.717, 1.165) is 42.7 Å². The van der Waals surface area contributed by atoms with Gasteiger partial charge < -0.3 is 29.5 Å². The summed E-state index contributed by atoms with van der Waals surface area (Å²) in [4.78, 5) is 23.2. The van der Waals surface area contributed by atoms with Crippen LogP contribution in [0.3, 0.4) is 0 Å². The van der Waals surface area contributed by atoms with Crippen molar-refractivity contribution in [3.63, 3.8) is 0 Å². The van der Waals surface area contributed by atoms with Crippen LogP contribution in [0.15, 0.2) is 36.5 Å². The highest BCUT2D eigenvalue weighted by atomic mass is 32.2. The molecule has 11 nitrogen and oxygen atoms in total. The summed E-state index contributed by atoms with van der Waals surface area (Å²) < 4.78 is 35.7. The van der Waals surface area contributed by atoms with Gasteiger partial charge in [-0.3, -0.25) is 9.52 Å². The second-order valence-electron chi connectivity index (χ2n) is 12.1. The number of carbonyl (C=O) groups is 1. The molecule has 0 radical (unpaired) electrons. The Balaban J connectivity index is 1.32. The molecule has 2 aromatic heterocycles. The summed E-state index contributed by atoms with van der Waals surface area (Å²) in [6.45, 7) is 6.64. The van der Waals surface area contributed by atoms with Crippen LogP contribution in [0.5, 0.6) is 0 Å². The van der Waals surface area contributed by atoms with Crippen LogP contribution in [0.1, 0.15) is 49.9 Å². The van der Waals surface area contributed by atoms with Crippen molar-refractivity contribution in [2.24, 2.45) is 12.5 Å². The maximum Gasteiger partial charge on any atom is 0.258 e. The number of aliphatic hydroxyl groups is 1. The first kappa shape index (κ1) is 28.8. The van der Waals surface area contributed by atoms with Crippen LogP contribution in [0.25, 0.3) is 10.9 Å². The number of aromatic nitrogens is 2. The Labute approximate surface area is 246 Å². The third-order valence-electron chi connectivity index (χ3n) is 9.03. The second kappa shape index (κ2) is 11.1. The highest BCUT2D eigenvalue weighted by Gasteiger charge is 2.44. The number of amides is 1. The lowest BCUT2D eigenvalue weighted by molar-refractivity contribution is 0.0530. The number of pyridine rings is 1. The number of rotatable bonds is 8. The Bertz CT molecular complexity index is 1590. The van der Waals surface area contributed by atoms with Crippen molar-refractivity contribution >= 4 is 49.8 Å². The first-order chi connectivity index (χ1) is 20.1. The zero-order valence-electron chi connectivity index (χ0n) is 24.5. The lowest BCUT2D eigenvalue weighted by Gasteiger charge is -2.35. The number of nitrogens with one attached hydrogen (secondary N) is 2. The minimum Gasteiger partial charge on any atom is -0.395 e. The summed E-state index contributed by atoms with van der Waals surface area (Å²) in [6, 6.07) is 8.90. The van der Waals surface area contributed by atoms with Gasteiger partial charge in [0.2, 0.25) is 10.0 Å². The summed E-state index contributed by atoms with van der Waals surface area (Å²) >= 11 is 0. The maximum absolute atomic E-state index is 13.9. The molecular formula is C30H40N6O5S. The fourth-order valence-corrected chi connectivity index (χ4v) is 6.94. The van der Waals surface area contributed by atoms with Crippen LogP contribution in [-0.4, -0.2) is 79.7 Å². The summed E-state index contributed by atoms with van der Waals surface area (Å²) in [5, 5.41) is 12.5. The highest BCUT2D eigenvalue weighted by molar-refractivity contribution is 7.93. The van der Waals surface area contributed by atoms with Gasteiger partial charge >= 0.3 is 0 Å². The molecule has 3 aliphatic rings. The van der Waals surface area contributed by atoms with Crippen molar-refractivity contribution in [2.45, 2.75) is 50.9 Å². The van der Waals surface area contributed by atoms with E-state index in [4.69, 9.17) is 9.72 Å². The quantitative estimate of drug-likeness (QED) is 0.360. The zero-order valence-corrected chi connectivity index (χ0v) is 25.3. The Morgan fingerprint density at radius 1 is 1.14 bits per heavy atom. The largest absolute Gasteiger partial charge is 0.395 e. The minimum atomic E-state index is -3.78. The van der Waals surface area contributed by atoms with Crippen LogP contribution in [0, 0.1) is 5.41 Å². The molecule has 1 spiro atoms. The van der Waals surface area contributed by atoms with E-state index in [1.807, 2.05) is 36.9 Å². The predicted molar refractivity (Wildman–Crippen MR) is 165 cm³/mol. The Kier molecular flexibility index (Phi) is 7.57. The molecule has 12 heteroatoms. The maximum atomic E-state index is 13.9. The number of nitrogens with zero attached hydrogens (tertiary/aromatic N) is 4. The SMILES string of the molecule is C[C@@H]1CN(c2nc(NC(=O)c3ccc(NS(=O)(=O)[C@H](C)CO)cc3N3CCC4(CC3)CC4)cc3ccn(C)c23)CCO1. The number of benzene rings is 1. The van der Waals surface area contributed by atoms with E-state index in [9.17, 15) is 18.3 Å². The fraction of sp³-hybridized carbons (Fsp3) is 0.533. The number of hydrogen-bond donors (Lipinski definition) is 3. The highest BCUT2D eigenvalue weighted by Crippen LogP contribution is 2.54. The number of ether oxygens (including phenoxy) is 1. The van der Waals surface area contributed by atoms with Crippen molar-refractivity contribution in [1.82, 2.24) is 9.55 Å². The van der Waals surface area contributed by atoms with E-state index >= 15 is 0 Å². The van der Waals surface area contributed by atoms with Gasteiger partial charge in [0.1, 0.15) is 11.1 Å². The second-order valence-corrected chi connectivity index (χ2v) is 14.2. The number of hydrogen-bond acceptors (Lipinski definition) is 8. The molecule has 1 amide bonds. The summed E-state index contributed by atoms with van der Waals surface area (Å²) in [6.07, 6.45) is 6.69. The van der Waals surface area contributed by atoms with Crippen molar-refractivity contribution < 1.29 is 23.1 Å². The van der Waals surface area contributed by atoms with Gasteiger partial charge in [-0.1, -0.05) is 0 Å². The molecule has 3 fully saturated rings. The number of morpholine rings is 1. The molecule has 2 atom stereocenters. The normalized spacial score (nSPS) is 21.0. The molecule has 1 saturated carbocycles. The molecule has 6 rings (SSSR count). The molecule has 3 N–H and O–H groups in total. The van der Waals surface area contributed by atoms with Crippen LogP contribution >= 0.6 is 0 Å². The molecule has 2 saturated heterocycles. The van der Waals surface area contributed by atoms with E-state index < -0.39 is 21.9 Å². The van der Waals surface area contributed by atoms with Crippen molar-refractivity contribution in [1.29, 1.82) is 0 Å². The van der Waals surface area contributed by atoms with Gasteiger partial charge in [-0.2, -0.15) is 0 Å². The average Bonchev–Trinajstić information content (AvgIpc) is 3.62. The third kappa shape index (κ3) is 5.67. The van der Waals surface area contributed by atoms with Crippen molar-refractivity contribution in [3.8, 4) is 0 Å². The van der Waals surface area contributed by atoms with Gasteiger partial charge in [-0.05, 0) is 75.3 Å². The van der Waals surface area contributed by atoms with Crippen molar-refractivity contribution in [3.05, 3.63) is 42.1 Å². The van der Waals surface area contributed by atoms with Gasteiger partial charge in [0.15, 0.2) is 5.82 Å². The summed E-state index contributed by atoms with van der Waals surface area (Å²) in [7, 11) is -1.79. The van der Waals surface area contributed by atoms with Gasteiger partial charge in [-0.25, -0.2) is 13.4 Å². The van der Waals surface area contributed by atoms with E-state index in [-0.39, 0.29) is 12.0 Å². The minimum absolute atomic E-state index is 0.0762. The lowest BCUT2D eigenvalue weighted by atomic mass is 9.93. The van der Waals surface area contributed by atoms with Crippen LogP contribution in [0.2, 0.25) is 0 Å². The molecule has 2 aliphatic heterocycles. The number of carbonyl (C=O) groups excluding carboxylic acids is 1. The smallest absolute Gasteiger partial charge is 0.258 e. The molecule has 226 valence electrons. The van der Waals surface area contributed by atoms with Gasteiger partial charge in [-0.15, -0.1) is 0 Å². The van der Waals surface area contributed by atoms with E-state index in [1.165, 1.54) is 19.8 Å².